The van der Waals surface area contributed by atoms with Gasteiger partial charge in [-0.05, 0) is 32.5 Å². The molecule has 0 spiro atoms. The molecule has 5 heteroatoms. The first-order chi connectivity index (χ1) is 8.20. The molecule has 1 aromatic rings. The van der Waals surface area contributed by atoms with Gasteiger partial charge in [-0.3, -0.25) is 0 Å². The van der Waals surface area contributed by atoms with E-state index < -0.39 is 0 Å². The first-order valence-electron chi connectivity index (χ1n) is 6.24. The highest BCUT2D eigenvalue weighted by atomic mass is 15.3. The number of aromatic nitrogens is 2. The third kappa shape index (κ3) is 2.85. The molecule has 1 fully saturated rings. The predicted molar refractivity (Wildman–Crippen MR) is 70.0 cm³/mol. The summed E-state index contributed by atoms with van der Waals surface area (Å²) >= 11 is 0. The molecule has 1 aliphatic rings. The van der Waals surface area contributed by atoms with Gasteiger partial charge in [0.25, 0.3) is 0 Å². The Bertz CT molecular complexity index is 368. The third-order valence-corrected chi connectivity index (χ3v) is 3.29. The van der Waals surface area contributed by atoms with Gasteiger partial charge in [0.2, 0.25) is 5.95 Å². The lowest BCUT2D eigenvalue weighted by atomic mass is 10.2. The SMILES string of the molecule is CCC1CN(C)CCCN1c1nccc(N)n1. The molecule has 0 bridgehead atoms. The summed E-state index contributed by atoms with van der Waals surface area (Å²) in [7, 11) is 2.17. The summed E-state index contributed by atoms with van der Waals surface area (Å²) in [5.74, 6) is 1.31. The van der Waals surface area contributed by atoms with Gasteiger partial charge in [-0.25, -0.2) is 4.98 Å². The summed E-state index contributed by atoms with van der Waals surface area (Å²) in [5.41, 5.74) is 5.73. The van der Waals surface area contributed by atoms with Crippen LogP contribution in [0, 0.1) is 0 Å². The van der Waals surface area contributed by atoms with Crippen LogP contribution >= 0.6 is 0 Å². The fraction of sp³-hybridized carbons (Fsp3) is 0.667. The zero-order valence-corrected chi connectivity index (χ0v) is 10.6. The minimum atomic E-state index is 0.476. The molecule has 0 radical (unpaired) electrons. The molecule has 0 saturated carbocycles. The fourth-order valence-corrected chi connectivity index (χ4v) is 2.36. The standard InChI is InChI=1S/C12H21N5/c1-3-10-9-16(2)7-4-8-17(10)12-14-6-5-11(13)15-12/h5-6,10H,3-4,7-9H2,1-2H3,(H2,13,14,15). The van der Waals surface area contributed by atoms with Crippen LogP contribution in [0.15, 0.2) is 12.3 Å². The Labute approximate surface area is 103 Å². The number of nitrogen functional groups attached to an aromatic ring is 1. The maximum absolute atomic E-state index is 5.73. The van der Waals surface area contributed by atoms with E-state index in [9.17, 15) is 0 Å². The normalized spacial score (nSPS) is 22.5. The lowest BCUT2D eigenvalue weighted by Crippen LogP contribution is -2.40. The van der Waals surface area contributed by atoms with Crippen LogP contribution in [0.25, 0.3) is 0 Å². The molecule has 1 unspecified atom stereocenters. The Morgan fingerprint density at radius 1 is 1.47 bits per heavy atom. The number of rotatable bonds is 2. The third-order valence-electron chi connectivity index (χ3n) is 3.29. The van der Waals surface area contributed by atoms with E-state index in [0.29, 0.717) is 11.9 Å². The van der Waals surface area contributed by atoms with Crippen LogP contribution in [0.2, 0.25) is 0 Å². The average Bonchev–Trinajstić information content (AvgIpc) is 2.50. The Hall–Kier alpha value is -1.36. The molecule has 94 valence electrons. The summed E-state index contributed by atoms with van der Waals surface area (Å²) in [6.07, 6.45) is 3.98. The van der Waals surface area contributed by atoms with Crippen LogP contribution in [0.3, 0.4) is 0 Å². The maximum Gasteiger partial charge on any atom is 0.227 e. The topological polar surface area (TPSA) is 58.3 Å². The van der Waals surface area contributed by atoms with Gasteiger partial charge in [0.05, 0.1) is 0 Å². The smallest absolute Gasteiger partial charge is 0.227 e. The van der Waals surface area contributed by atoms with Crippen molar-refractivity contribution < 1.29 is 0 Å². The van der Waals surface area contributed by atoms with Crippen LogP contribution in [0.4, 0.5) is 11.8 Å². The van der Waals surface area contributed by atoms with E-state index in [4.69, 9.17) is 5.73 Å². The molecule has 17 heavy (non-hydrogen) atoms. The highest BCUT2D eigenvalue weighted by Crippen LogP contribution is 2.18. The largest absolute Gasteiger partial charge is 0.384 e. The number of hydrogen-bond acceptors (Lipinski definition) is 5. The minimum Gasteiger partial charge on any atom is -0.384 e. The first kappa shape index (κ1) is 12.1. The van der Waals surface area contributed by atoms with Crippen molar-refractivity contribution in [3.63, 3.8) is 0 Å². The Morgan fingerprint density at radius 3 is 3.00 bits per heavy atom. The average molecular weight is 235 g/mol. The van der Waals surface area contributed by atoms with Gasteiger partial charge in [-0.2, -0.15) is 4.98 Å². The monoisotopic (exact) mass is 235 g/mol. The van der Waals surface area contributed by atoms with Crippen molar-refractivity contribution in [2.45, 2.75) is 25.8 Å². The van der Waals surface area contributed by atoms with E-state index in [1.54, 1.807) is 12.3 Å². The Morgan fingerprint density at radius 2 is 2.29 bits per heavy atom. The van der Waals surface area contributed by atoms with Gasteiger partial charge in [0, 0.05) is 25.3 Å². The zero-order chi connectivity index (χ0) is 12.3. The summed E-state index contributed by atoms with van der Waals surface area (Å²) in [5, 5.41) is 0. The van der Waals surface area contributed by atoms with Crippen molar-refractivity contribution in [2.75, 3.05) is 37.3 Å². The van der Waals surface area contributed by atoms with E-state index >= 15 is 0 Å². The fourth-order valence-electron chi connectivity index (χ4n) is 2.36. The number of hydrogen-bond donors (Lipinski definition) is 1. The van der Waals surface area contributed by atoms with Crippen molar-refractivity contribution >= 4 is 11.8 Å². The van der Waals surface area contributed by atoms with Crippen molar-refractivity contribution in [3.8, 4) is 0 Å². The van der Waals surface area contributed by atoms with Crippen LogP contribution < -0.4 is 10.6 Å². The van der Waals surface area contributed by atoms with E-state index in [1.807, 2.05) is 0 Å². The van der Waals surface area contributed by atoms with Gasteiger partial charge in [0.15, 0.2) is 0 Å². The van der Waals surface area contributed by atoms with E-state index in [1.165, 1.54) is 0 Å². The molecule has 1 saturated heterocycles. The first-order valence-corrected chi connectivity index (χ1v) is 6.24. The molecule has 2 N–H and O–H groups in total. The summed E-state index contributed by atoms with van der Waals surface area (Å²) < 4.78 is 0. The second kappa shape index (κ2) is 5.31. The number of nitrogens with zero attached hydrogens (tertiary/aromatic N) is 4. The molecule has 0 aromatic carbocycles. The van der Waals surface area contributed by atoms with Crippen molar-refractivity contribution in [1.82, 2.24) is 14.9 Å². The zero-order valence-electron chi connectivity index (χ0n) is 10.6. The molecule has 0 amide bonds. The van der Waals surface area contributed by atoms with E-state index in [0.717, 1.165) is 38.4 Å². The summed E-state index contributed by atoms with van der Waals surface area (Å²) in [4.78, 5) is 13.3. The van der Waals surface area contributed by atoms with Crippen molar-refractivity contribution in [1.29, 1.82) is 0 Å². The minimum absolute atomic E-state index is 0.476. The molecular weight excluding hydrogens is 214 g/mol. The molecular formula is C12H21N5. The van der Waals surface area contributed by atoms with Crippen LogP contribution in [0.1, 0.15) is 19.8 Å². The van der Waals surface area contributed by atoms with Gasteiger partial charge in [-0.15, -0.1) is 0 Å². The highest BCUT2D eigenvalue weighted by molar-refractivity contribution is 5.39. The molecule has 1 atom stereocenters. The van der Waals surface area contributed by atoms with Gasteiger partial charge in [0.1, 0.15) is 5.82 Å². The Kier molecular flexibility index (Phi) is 3.78. The van der Waals surface area contributed by atoms with Crippen LogP contribution in [-0.4, -0.2) is 47.6 Å². The van der Waals surface area contributed by atoms with Crippen molar-refractivity contribution in [3.05, 3.63) is 12.3 Å². The van der Waals surface area contributed by atoms with Gasteiger partial charge < -0.3 is 15.5 Å². The molecule has 1 aromatic heterocycles. The number of nitrogens with two attached hydrogens (primary N) is 1. The molecule has 2 heterocycles. The van der Waals surface area contributed by atoms with Gasteiger partial charge >= 0.3 is 0 Å². The Balaban J connectivity index is 2.22. The number of likely N-dealkylation sites (N-methyl/N-ethyl adjacent to an activating group) is 1. The lowest BCUT2D eigenvalue weighted by Gasteiger charge is -2.30. The highest BCUT2D eigenvalue weighted by Gasteiger charge is 2.23. The summed E-state index contributed by atoms with van der Waals surface area (Å²) in [6.45, 7) is 5.42. The van der Waals surface area contributed by atoms with E-state index in [-0.39, 0.29) is 0 Å². The predicted octanol–water partition coefficient (Wildman–Crippen LogP) is 0.979. The molecule has 2 rings (SSSR count). The second-order valence-corrected chi connectivity index (χ2v) is 4.65. The maximum atomic E-state index is 5.73. The van der Waals surface area contributed by atoms with Crippen LogP contribution in [-0.2, 0) is 0 Å². The number of anilines is 2. The quantitative estimate of drug-likeness (QED) is 0.828. The van der Waals surface area contributed by atoms with Gasteiger partial charge in [-0.1, -0.05) is 6.92 Å². The van der Waals surface area contributed by atoms with Crippen LogP contribution in [0.5, 0.6) is 0 Å². The lowest BCUT2D eigenvalue weighted by molar-refractivity contribution is 0.327. The summed E-state index contributed by atoms with van der Waals surface area (Å²) in [6, 6.07) is 2.21. The second-order valence-electron chi connectivity index (χ2n) is 4.65. The van der Waals surface area contributed by atoms with Crippen molar-refractivity contribution in [2.24, 2.45) is 0 Å². The molecule has 1 aliphatic heterocycles. The van der Waals surface area contributed by atoms with E-state index in [2.05, 4.69) is 33.7 Å². The molecule has 5 nitrogen and oxygen atoms in total. The molecule has 0 aliphatic carbocycles.